The Morgan fingerprint density at radius 3 is 2.68 bits per heavy atom. The summed E-state index contributed by atoms with van der Waals surface area (Å²) in [6.45, 7) is 7.47. The van der Waals surface area contributed by atoms with Crippen LogP contribution in [0.4, 0.5) is 0 Å². The van der Waals surface area contributed by atoms with Crippen molar-refractivity contribution in [3.8, 4) is 0 Å². The van der Waals surface area contributed by atoms with Crippen molar-refractivity contribution in [1.82, 2.24) is 5.32 Å². The molecule has 0 bridgehead atoms. The number of hydrogen-bond acceptors (Lipinski definition) is 2. The molecule has 0 fully saturated rings. The molecule has 0 heterocycles. The Labute approximate surface area is 126 Å². The van der Waals surface area contributed by atoms with Gasteiger partial charge in [0.15, 0.2) is 0 Å². The molecule has 1 atom stereocenters. The summed E-state index contributed by atoms with van der Waals surface area (Å²) in [5, 5.41) is 3.56. The molecule has 0 saturated carbocycles. The Hall–Kier alpha value is -0.380. The Bertz CT molecular complexity index is 354. The maximum absolute atomic E-state index is 5.22. The molecule has 1 aromatic carbocycles. The van der Waals surface area contributed by atoms with Gasteiger partial charge < -0.3 is 10.1 Å². The second kappa shape index (κ2) is 9.51. The summed E-state index contributed by atoms with van der Waals surface area (Å²) in [6, 6.07) is 8.59. The first-order chi connectivity index (χ1) is 9.11. The van der Waals surface area contributed by atoms with E-state index in [9.17, 15) is 0 Å². The van der Waals surface area contributed by atoms with Gasteiger partial charge in [-0.25, -0.2) is 0 Å². The summed E-state index contributed by atoms with van der Waals surface area (Å²) >= 11 is 3.54. The average molecular weight is 328 g/mol. The van der Waals surface area contributed by atoms with E-state index in [1.807, 2.05) is 0 Å². The molecule has 0 radical (unpaired) electrons. The lowest BCUT2D eigenvalue weighted by molar-refractivity contribution is 0.176. The molecule has 108 valence electrons. The number of nitrogens with one attached hydrogen (secondary N) is 1. The Morgan fingerprint density at radius 1 is 1.26 bits per heavy atom. The Balaban J connectivity index is 2.48. The first-order valence-electron chi connectivity index (χ1n) is 7.06. The monoisotopic (exact) mass is 327 g/mol. The molecule has 0 aromatic heterocycles. The van der Waals surface area contributed by atoms with Gasteiger partial charge in [0.05, 0.1) is 0 Å². The van der Waals surface area contributed by atoms with Crippen molar-refractivity contribution in [2.24, 2.45) is 11.8 Å². The molecule has 3 heteroatoms. The molecule has 1 aromatic rings. The van der Waals surface area contributed by atoms with Gasteiger partial charge in [-0.2, -0.15) is 0 Å². The van der Waals surface area contributed by atoms with E-state index >= 15 is 0 Å². The molecular weight excluding hydrogens is 302 g/mol. The quantitative estimate of drug-likeness (QED) is 0.742. The van der Waals surface area contributed by atoms with Crippen molar-refractivity contribution >= 4 is 15.9 Å². The molecule has 1 rings (SSSR count). The molecule has 1 N–H and O–H groups in total. The minimum absolute atomic E-state index is 0.632. The second-order valence-electron chi connectivity index (χ2n) is 5.53. The summed E-state index contributed by atoms with van der Waals surface area (Å²) in [5.74, 6) is 1.34. The van der Waals surface area contributed by atoms with Gasteiger partial charge in [0, 0.05) is 18.2 Å². The molecule has 0 aliphatic carbocycles. The SMILES string of the molecule is COCCC(CNCC(C)C)Cc1cccc(Br)c1. The highest BCUT2D eigenvalue weighted by molar-refractivity contribution is 9.10. The van der Waals surface area contributed by atoms with Gasteiger partial charge >= 0.3 is 0 Å². The molecule has 0 spiro atoms. The van der Waals surface area contributed by atoms with E-state index in [1.165, 1.54) is 5.56 Å². The maximum Gasteiger partial charge on any atom is 0.0465 e. The van der Waals surface area contributed by atoms with Gasteiger partial charge in [0.2, 0.25) is 0 Å². The lowest BCUT2D eigenvalue weighted by atomic mass is 9.96. The lowest BCUT2D eigenvalue weighted by Crippen LogP contribution is -2.28. The van der Waals surface area contributed by atoms with E-state index in [1.54, 1.807) is 7.11 Å². The van der Waals surface area contributed by atoms with E-state index in [2.05, 4.69) is 59.4 Å². The van der Waals surface area contributed by atoms with Crippen LogP contribution in [0.2, 0.25) is 0 Å². The molecule has 19 heavy (non-hydrogen) atoms. The van der Waals surface area contributed by atoms with Crippen molar-refractivity contribution < 1.29 is 4.74 Å². The summed E-state index contributed by atoms with van der Waals surface area (Å²) < 4.78 is 6.38. The van der Waals surface area contributed by atoms with Crippen LogP contribution in [0.1, 0.15) is 25.8 Å². The third-order valence-corrected chi connectivity index (χ3v) is 3.62. The van der Waals surface area contributed by atoms with Gasteiger partial charge in [0.25, 0.3) is 0 Å². The summed E-state index contributed by atoms with van der Waals surface area (Å²) in [7, 11) is 1.78. The standard InChI is InChI=1S/C16H26BrNO/c1-13(2)11-18-12-15(7-8-19-3)9-14-5-4-6-16(17)10-14/h4-6,10,13,15,18H,7-9,11-12H2,1-3H3. The number of hydrogen-bond donors (Lipinski definition) is 1. The number of ether oxygens (including phenoxy) is 1. The van der Waals surface area contributed by atoms with Gasteiger partial charge in [0.1, 0.15) is 0 Å². The number of rotatable bonds is 9. The van der Waals surface area contributed by atoms with Gasteiger partial charge in [-0.05, 0) is 55.5 Å². The highest BCUT2D eigenvalue weighted by atomic mass is 79.9. The van der Waals surface area contributed by atoms with Gasteiger partial charge in [-0.15, -0.1) is 0 Å². The van der Waals surface area contributed by atoms with Crippen molar-refractivity contribution in [3.05, 3.63) is 34.3 Å². The van der Waals surface area contributed by atoms with Gasteiger partial charge in [-0.1, -0.05) is 41.9 Å². The third kappa shape index (κ3) is 7.71. The molecule has 2 nitrogen and oxygen atoms in total. The number of halogens is 1. The highest BCUT2D eigenvalue weighted by Crippen LogP contribution is 2.17. The van der Waals surface area contributed by atoms with Crippen molar-refractivity contribution in [3.63, 3.8) is 0 Å². The summed E-state index contributed by atoms with van der Waals surface area (Å²) in [5.41, 5.74) is 1.39. The van der Waals surface area contributed by atoms with Crippen LogP contribution < -0.4 is 5.32 Å². The molecule has 0 aliphatic heterocycles. The zero-order chi connectivity index (χ0) is 14.1. The predicted molar refractivity (Wildman–Crippen MR) is 85.5 cm³/mol. The fraction of sp³-hybridized carbons (Fsp3) is 0.625. The van der Waals surface area contributed by atoms with Crippen LogP contribution in [-0.4, -0.2) is 26.8 Å². The second-order valence-corrected chi connectivity index (χ2v) is 6.45. The molecule has 0 aliphatic rings. The zero-order valence-corrected chi connectivity index (χ0v) is 13.9. The lowest BCUT2D eigenvalue weighted by Gasteiger charge is -2.18. The van der Waals surface area contributed by atoms with Crippen molar-refractivity contribution in [1.29, 1.82) is 0 Å². The third-order valence-electron chi connectivity index (χ3n) is 3.13. The van der Waals surface area contributed by atoms with E-state index in [-0.39, 0.29) is 0 Å². The van der Waals surface area contributed by atoms with Gasteiger partial charge in [-0.3, -0.25) is 0 Å². The van der Waals surface area contributed by atoms with E-state index in [4.69, 9.17) is 4.74 Å². The van der Waals surface area contributed by atoms with E-state index in [0.29, 0.717) is 11.8 Å². The van der Waals surface area contributed by atoms with E-state index in [0.717, 1.165) is 37.0 Å². The first-order valence-corrected chi connectivity index (χ1v) is 7.85. The van der Waals surface area contributed by atoms with Crippen LogP contribution in [-0.2, 0) is 11.2 Å². The van der Waals surface area contributed by atoms with Crippen molar-refractivity contribution in [2.75, 3.05) is 26.8 Å². The summed E-state index contributed by atoms with van der Waals surface area (Å²) in [4.78, 5) is 0. The van der Waals surface area contributed by atoms with E-state index < -0.39 is 0 Å². The largest absolute Gasteiger partial charge is 0.385 e. The Kier molecular flexibility index (Phi) is 8.35. The maximum atomic E-state index is 5.22. The van der Waals surface area contributed by atoms with Crippen LogP contribution in [0.15, 0.2) is 28.7 Å². The highest BCUT2D eigenvalue weighted by Gasteiger charge is 2.10. The fourth-order valence-electron chi connectivity index (χ4n) is 2.13. The number of benzene rings is 1. The summed E-state index contributed by atoms with van der Waals surface area (Å²) in [6.07, 6.45) is 2.21. The zero-order valence-electron chi connectivity index (χ0n) is 12.3. The van der Waals surface area contributed by atoms with Crippen molar-refractivity contribution in [2.45, 2.75) is 26.7 Å². The smallest absolute Gasteiger partial charge is 0.0465 e. The predicted octanol–water partition coefficient (Wildman–Crippen LogP) is 3.89. The molecule has 0 amide bonds. The Morgan fingerprint density at radius 2 is 2.05 bits per heavy atom. The first kappa shape index (κ1) is 16.7. The van der Waals surface area contributed by atoms with Crippen LogP contribution in [0, 0.1) is 11.8 Å². The molecule has 1 unspecified atom stereocenters. The average Bonchev–Trinajstić information content (AvgIpc) is 2.35. The van der Waals surface area contributed by atoms with Crippen LogP contribution in [0.3, 0.4) is 0 Å². The van der Waals surface area contributed by atoms with Crippen LogP contribution in [0.25, 0.3) is 0 Å². The van der Waals surface area contributed by atoms with Crippen LogP contribution >= 0.6 is 15.9 Å². The molecular formula is C16H26BrNO. The fourth-order valence-corrected chi connectivity index (χ4v) is 2.58. The topological polar surface area (TPSA) is 21.3 Å². The molecule has 0 saturated heterocycles. The van der Waals surface area contributed by atoms with Crippen LogP contribution in [0.5, 0.6) is 0 Å². The normalized spacial score (nSPS) is 12.9. The number of methoxy groups -OCH3 is 1. The minimum atomic E-state index is 0.632. The minimum Gasteiger partial charge on any atom is -0.385 e.